The minimum Gasteiger partial charge on any atom is -0.321 e. The molecule has 3 aromatic carbocycles. The van der Waals surface area contributed by atoms with Gasteiger partial charge in [-0.2, -0.15) is 0 Å². The van der Waals surface area contributed by atoms with Crippen molar-refractivity contribution in [1.82, 2.24) is 10.3 Å². The highest BCUT2D eigenvalue weighted by molar-refractivity contribution is 8.00. The number of thiazole rings is 1. The smallest absolute Gasteiger partial charge is 0.272 e. The van der Waals surface area contributed by atoms with Crippen molar-refractivity contribution < 1.29 is 14.4 Å². The predicted molar refractivity (Wildman–Crippen MR) is 154 cm³/mol. The Bertz CT molecular complexity index is 1440. The Balaban J connectivity index is 1.45. The minimum absolute atomic E-state index is 0.0397. The van der Waals surface area contributed by atoms with Gasteiger partial charge in [-0.15, -0.1) is 23.1 Å². The van der Waals surface area contributed by atoms with Crippen LogP contribution in [-0.4, -0.2) is 28.0 Å². The molecule has 10 heteroatoms. The molecule has 1 unspecified atom stereocenters. The molecule has 0 aliphatic heterocycles. The van der Waals surface area contributed by atoms with Gasteiger partial charge >= 0.3 is 0 Å². The Morgan fingerprint density at radius 3 is 2.34 bits per heavy atom. The van der Waals surface area contributed by atoms with Gasteiger partial charge in [-0.1, -0.05) is 48.0 Å². The topological polar surface area (TPSA) is 100 Å². The Kier molecular flexibility index (Phi) is 9.31. The van der Waals surface area contributed by atoms with Gasteiger partial charge in [0.2, 0.25) is 5.91 Å². The number of hydrogen-bond donors (Lipinski definition) is 3. The molecule has 0 fully saturated rings. The van der Waals surface area contributed by atoms with Crippen molar-refractivity contribution in [2.45, 2.75) is 17.1 Å². The second-order valence-corrected chi connectivity index (χ2v) is 10.7. The number of halogens is 1. The van der Waals surface area contributed by atoms with E-state index in [9.17, 15) is 14.4 Å². The van der Waals surface area contributed by atoms with Gasteiger partial charge in [0.05, 0.1) is 5.25 Å². The number of nitrogens with zero attached hydrogens (tertiary/aromatic N) is 1. The van der Waals surface area contributed by atoms with Gasteiger partial charge in [0.15, 0.2) is 5.13 Å². The van der Waals surface area contributed by atoms with Crippen LogP contribution in [0.2, 0.25) is 5.02 Å². The van der Waals surface area contributed by atoms with E-state index >= 15 is 0 Å². The van der Waals surface area contributed by atoms with E-state index in [4.69, 9.17) is 11.6 Å². The van der Waals surface area contributed by atoms with Crippen LogP contribution in [0.5, 0.6) is 0 Å². The number of carbonyl (C=O) groups excluding carboxylic acids is 3. The van der Waals surface area contributed by atoms with Crippen LogP contribution in [-0.2, 0) is 9.59 Å². The maximum atomic E-state index is 13.2. The highest BCUT2D eigenvalue weighted by Gasteiger charge is 2.17. The first-order chi connectivity index (χ1) is 18.4. The monoisotopic (exact) mass is 562 g/mol. The third kappa shape index (κ3) is 7.55. The van der Waals surface area contributed by atoms with E-state index in [1.54, 1.807) is 78.3 Å². The van der Waals surface area contributed by atoms with E-state index in [0.29, 0.717) is 27.0 Å². The molecule has 1 heterocycles. The maximum Gasteiger partial charge on any atom is 0.272 e. The fraction of sp³-hybridized carbons (Fsp3) is 0.0714. The molecule has 0 aliphatic rings. The van der Waals surface area contributed by atoms with Crippen molar-refractivity contribution in [2.75, 3.05) is 10.6 Å². The van der Waals surface area contributed by atoms with Crippen LogP contribution >= 0.6 is 34.7 Å². The maximum absolute atomic E-state index is 13.2. The largest absolute Gasteiger partial charge is 0.321 e. The molecule has 3 amide bonds. The zero-order valence-electron chi connectivity index (χ0n) is 20.2. The molecule has 0 radical (unpaired) electrons. The second-order valence-electron chi connectivity index (χ2n) is 7.96. The summed E-state index contributed by atoms with van der Waals surface area (Å²) in [4.78, 5) is 43.3. The normalized spacial score (nSPS) is 11.9. The van der Waals surface area contributed by atoms with Gasteiger partial charge in [0, 0.05) is 32.7 Å². The molecule has 4 rings (SSSR count). The fourth-order valence-corrected chi connectivity index (χ4v) is 4.84. The van der Waals surface area contributed by atoms with Crippen LogP contribution in [0.15, 0.2) is 101 Å². The molecule has 0 saturated carbocycles. The van der Waals surface area contributed by atoms with E-state index in [1.165, 1.54) is 29.2 Å². The first kappa shape index (κ1) is 27.1. The summed E-state index contributed by atoms with van der Waals surface area (Å²) in [5.41, 5.74) is 1.57. The highest BCUT2D eigenvalue weighted by Crippen LogP contribution is 2.26. The number of nitrogens with one attached hydrogen (secondary N) is 3. The number of carbonyl (C=O) groups is 3. The average molecular weight is 563 g/mol. The minimum atomic E-state index is -0.509. The van der Waals surface area contributed by atoms with Gasteiger partial charge in [0.1, 0.15) is 5.70 Å². The molecular formula is C28H23ClN4O3S2. The molecule has 0 saturated heterocycles. The zero-order valence-corrected chi connectivity index (χ0v) is 22.6. The number of hydrogen-bond acceptors (Lipinski definition) is 6. The first-order valence-electron chi connectivity index (χ1n) is 11.5. The molecular weight excluding hydrogens is 540 g/mol. The van der Waals surface area contributed by atoms with Gasteiger partial charge < -0.3 is 16.0 Å². The molecule has 7 nitrogen and oxygen atoms in total. The van der Waals surface area contributed by atoms with Gasteiger partial charge in [-0.05, 0) is 61.0 Å². The molecule has 38 heavy (non-hydrogen) atoms. The Hall–Kier alpha value is -3.92. The summed E-state index contributed by atoms with van der Waals surface area (Å²) in [5, 5.41) is 10.7. The van der Waals surface area contributed by atoms with Crippen LogP contribution in [0.1, 0.15) is 22.8 Å². The second kappa shape index (κ2) is 13.0. The van der Waals surface area contributed by atoms with Crippen molar-refractivity contribution in [3.8, 4) is 0 Å². The van der Waals surface area contributed by atoms with Crippen LogP contribution in [0.25, 0.3) is 6.08 Å². The molecule has 0 spiro atoms. The summed E-state index contributed by atoms with van der Waals surface area (Å²) in [5.74, 6) is -1.08. The number of rotatable bonds is 9. The number of aromatic nitrogens is 1. The fourth-order valence-electron chi connectivity index (χ4n) is 3.26. The predicted octanol–water partition coefficient (Wildman–Crippen LogP) is 6.33. The van der Waals surface area contributed by atoms with E-state index in [2.05, 4.69) is 20.9 Å². The molecule has 1 atom stereocenters. The van der Waals surface area contributed by atoms with E-state index < -0.39 is 11.8 Å². The number of anilines is 2. The number of benzene rings is 3. The summed E-state index contributed by atoms with van der Waals surface area (Å²) < 4.78 is 0. The third-order valence-corrected chi connectivity index (χ3v) is 7.34. The lowest BCUT2D eigenvalue weighted by atomic mass is 10.1. The van der Waals surface area contributed by atoms with Crippen molar-refractivity contribution >= 4 is 69.3 Å². The van der Waals surface area contributed by atoms with E-state index in [0.717, 1.165) is 4.90 Å². The van der Waals surface area contributed by atoms with Gasteiger partial charge in [-0.25, -0.2) is 4.98 Å². The molecule has 0 bridgehead atoms. The standard InChI is InChI=1S/C28H23ClN4O3S2/c1-18(25(34)33-28-30-15-16-37-28)38-22-13-11-21(12-14-22)31-27(36)24(17-20-9-5-6-10-23(20)29)32-26(35)19-7-3-2-4-8-19/h2-18H,1H3,(H,31,36)(H,32,35)(H,30,33,34)/b24-17-. The van der Waals surface area contributed by atoms with Crippen molar-refractivity contribution in [2.24, 2.45) is 0 Å². The van der Waals surface area contributed by atoms with Crippen LogP contribution in [0.3, 0.4) is 0 Å². The van der Waals surface area contributed by atoms with Gasteiger partial charge in [0.25, 0.3) is 11.8 Å². The van der Waals surface area contributed by atoms with E-state index in [1.807, 2.05) is 19.1 Å². The summed E-state index contributed by atoms with van der Waals surface area (Å²) in [6.07, 6.45) is 3.17. The SMILES string of the molecule is CC(Sc1ccc(NC(=O)/C(=C/c2ccccc2Cl)NC(=O)c2ccccc2)cc1)C(=O)Nc1nccs1. The van der Waals surface area contributed by atoms with Crippen molar-refractivity contribution in [3.05, 3.63) is 112 Å². The zero-order chi connectivity index (χ0) is 26.9. The summed E-state index contributed by atoms with van der Waals surface area (Å²) >= 11 is 9.03. The van der Waals surface area contributed by atoms with Crippen LogP contribution < -0.4 is 16.0 Å². The molecule has 0 aliphatic carbocycles. The molecule has 3 N–H and O–H groups in total. The highest BCUT2D eigenvalue weighted by atomic mass is 35.5. The number of thioether (sulfide) groups is 1. The number of amides is 3. The lowest BCUT2D eigenvalue weighted by Crippen LogP contribution is -2.30. The quantitative estimate of drug-likeness (QED) is 0.164. The Labute approximate surface area is 233 Å². The van der Waals surface area contributed by atoms with Crippen LogP contribution in [0, 0.1) is 0 Å². The summed E-state index contributed by atoms with van der Waals surface area (Å²) in [7, 11) is 0. The average Bonchev–Trinajstić information content (AvgIpc) is 3.44. The summed E-state index contributed by atoms with van der Waals surface area (Å²) in [6.45, 7) is 1.81. The molecule has 192 valence electrons. The molecule has 4 aromatic rings. The van der Waals surface area contributed by atoms with Crippen molar-refractivity contribution in [1.29, 1.82) is 0 Å². The van der Waals surface area contributed by atoms with Crippen LogP contribution in [0.4, 0.5) is 10.8 Å². The van der Waals surface area contributed by atoms with E-state index in [-0.39, 0.29) is 16.9 Å². The summed E-state index contributed by atoms with van der Waals surface area (Å²) in [6, 6.07) is 22.7. The van der Waals surface area contributed by atoms with Gasteiger partial charge in [-0.3, -0.25) is 14.4 Å². The Morgan fingerprint density at radius 2 is 1.66 bits per heavy atom. The first-order valence-corrected chi connectivity index (χ1v) is 13.6. The molecule has 1 aromatic heterocycles. The third-order valence-electron chi connectivity index (χ3n) is 5.19. The lowest BCUT2D eigenvalue weighted by Gasteiger charge is -2.13. The Morgan fingerprint density at radius 1 is 0.947 bits per heavy atom. The lowest BCUT2D eigenvalue weighted by molar-refractivity contribution is -0.115. The van der Waals surface area contributed by atoms with Crippen molar-refractivity contribution in [3.63, 3.8) is 0 Å².